The SMILES string of the molecule is CSc1ccc(N2C(=O)c3cccc4cccc(c34)C2=O)cc1. The Balaban J connectivity index is 1.91. The van der Waals surface area contributed by atoms with E-state index in [0.29, 0.717) is 16.8 Å². The molecule has 0 atom stereocenters. The molecule has 0 N–H and O–H groups in total. The second kappa shape index (κ2) is 5.25. The van der Waals surface area contributed by atoms with Crippen molar-refractivity contribution in [1.82, 2.24) is 0 Å². The Hall–Kier alpha value is -2.59. The summed E-state index contributed by atoms with van der Waals surface area (Å²) in [7, 11) is 0. The van der Waals surface area contributed by atoms with Crippen LogP contribution in [0.4, 0.5) is 5.69 Å². The summed E-state index contributed by atoms with van der Waals surface area (Å²) in [4.78, 5) is 28.1. The number of anilines is 1. The van der Waals surface area contributed by atoms with Gasteiger partial charge in [0, 0.05) is 21.4 Å². The first-order valence-corrected chi connectivity index (χ1v) is 8.48. The van der Waals surface area contributed by atoms with Gasteiger partial charge in [0.1, 0.15) is 0 Å². The van der Waals surface area contributed by atoms with Crippen LogP contribution in [0.25, 0.3) is 10.8 Å². The minimum absolute atomic E-state index is 0.267. The molecule has 3 aromatic rings. The Morgan fingerprint density at radius 3 is 1.87 bits per heavy atom. The lowest BCUT2D eigenvalue weighted by atomic mass is 9.94. The number of thioether (sulfide) groups is 1. The lowest BCUT2D eigenvalue weighted by molar-refractivity contribution is 0.0893. The maximum absolute atomic E-state index is 12.9. The van der Waals surface area contributed by atoms with Crippen molar-refractivity contribution < 1.29 is 9.59 Å². The minimum Gasteiger partial charge on any atom is -0.268 e. The Labute approximate surface area is 137 Å². The predicted octanol–water partition coefficient (Wildman–Crippen LogP) is 4.36. The van der Waals surface area contributed by atoms with Crippen molar-refractivity contribution in [2.45, 2.75) is 4.90 Å². The predicted molar refractivity (Wildman–Crippen MR) is 93.3 cm³/mol. The number of amides is 2. The van der Waals surface area contributed by atoms with Gasteiger partial charge >= 0.3 is 0 Å². The highest BCUT2D eigenvalue weighted by atomic mass is 32.2. The molecule has 112 valence electrons. The van der Waals surface area contributed by atoms with Crippen molar-refractivity contribution in [2.24, 2.45) is 0 Å². The smallest absolute Gasteiger partial charge is 0.265 e. The van der Waals surface area contributed by atoms with Crippen molar-refractivity contribution in [3.8, 4) is 0 Å². The van der Waals surface area contributed by atoms with E-state index in [1.54, 1.807) is 23.9 Å². The zero-order chi connectivity index (χ0) is 16.0. The van der Waals surface area contributed by atoms with Gasteiger partial charge in [-0.15, -0.1) is 11.8 Å². The van der Waals surface area contributed by atoms with Gasteiger partial charge in [-0.25, -0.2) is 4.90 Å². The van der Waals surface area contributed by atoms with E-state index < -0.39 is 0 Å². The van der Waals surface area contributed by atoms with Gasteiger partial charge in [0.2, 0.25) is 0 Å². The van der Waals surface area contributed by atoms with E-state index in [1.807, 2.05) is 54.8 Å². The third kappa shape index (κ3) is 2.06. The Kier molecular flexibility index (Phi) is 3.20. The molecule has 0 radical (unpaired) electrons. The molecule has 0 saturated carbocycles. The Morgan fingerprint density at radius 1 is 0.783 bits per heavy atom. The maximum Gasteiger partial charge on any atom is 0.265 e. The largest absolute Gasteiger partial charge is 0.268 e. The molecule has 1 heterocycles. The van der Waals surface area contributed by atoms with E-state index in [2.05, 4.69) is 0 Å². The Morgan fingerprint density at radius 2 is 1.35 bits per heavy atom. The first kappa shape index (κ1) is 14.0. The summed E-state index contributed by atoms with van der Waals surface area (Å²) in [5.74, 6) is -0.535. The highest BCUT2D eigenvalue weighted by Gasteiger charge is 2.33. The van der Waals surface area contributed by atoms with E-state index in [-0.39, 0.29) is 11.8 Å². The molecule has 3 nitrogen and oxygen atoms in total. The summed E-state index contributed by atoms with van der Waals surface area (Å²) in [6.45, 7) is 0. The molecule has 0 bridgehead atoms. The molecule has 1 aliphatic heterocycles. The van der Waals surface area contributed by atoms with Gasteiger partial charge in [-0.1, -0.05) is 24.3 Å². The number of rotatable bonds is 2. The molecule has 0 aromatic heterocycles. The Bertz CT molecular complexity index is 896. The topological polar surface area (TPSA) is 37.4 Å². The van der Waals surface area contributed by atoms with Crippen LogP contribution in [-0.2, 0) is 0 Å². The average Bonchev–Trinajstić information content (AvgIpc) is 2.60. The number of carbonyl (C=O) groups is 2. The van der Waals surface area contributed by atoms with Crippen molar-refractivity contribution in [2.75, 3.05) is 11.2 Å². The molecule has 4 rings (SSSR count). The van der Waals surface area contributed by atoms with E-state index in [0.717, 1.165) is 15.7 Å². The molecule has 0 aliphatic carbocycles. The molecule has 23 heavy (non-hydrogen) atoms. The van der Waals surface area contributed by atoms with Gasteiger partial charge in [-0.2, -0.15) is 0 Å². The molecule has 0 fully saturated rings. The van der Waals surface area contributed by atoms with E-state index in [1.165, 1.54) is 4.90 Å². The average molecular weight is 319 g/mol. The zero-order valence-corrected chi connectivity index (χ0v) is 13.3. The standard InChI is InChI=1S/C19H13NO2S/c1-23-14-10-8-13(9-11-14)20-18(21)15-6-2-4-12-5-3-7-16(17(12)15)19(20)22/h2-11H,1H3. The fraction of sp³-hybridized carbons (Fsp3) is 0.0526. The van der Waals surface area contributed by atoms with E-state index in [4.69, 9.17) is 0 Å². The minimum atomic E-state index is -0.267. The highest BCUT2D eigenvalue weighted by molar-refractivity contribution is 7.98. The molecular weight excluding hydrogens is 306 g/mol. The first-order valence-electron chi connectivity index (χ1n) is 7.25. The number of benzene rings is 3. The fourth-order valence-corrected chi connectivity index (χ4v) is 3.40. The number of hydrogen-bond donors (Lipinski definition) is 0. The lowest BCUT2D eigenvalue weighted by Crippen LogP contribution is -2.40. The first-order chi connectivity index (χ1) is 11.2. The van der Waals surface area contributed by atoms with E-state index in [9.17, 15) is 9.59 Å². The van der Waals surface area contributed by atoms with Crippen LogP contribution in [0.1, 0.15) is 20.7 Å². The summed E-state index contributed by atoms with van der Waals surface area (Å²) >= 11 is 1.62. The quantitative estimate of drug-likeness (QED) is 0.520. The molecule has 0 spiro atoms. The lowest BCUT2D eigenvalue weighted by Gasteiger charge is -2.27. The second-order valence-electron chi connectivity index (χ2n) is 5.35. The highest BCUT2D eigenvalue weighted by Crippen LogP contribution is 2.33. The summed E-state index contributed by atoms with van der Waals surface area (Å²) in [5.41, 5.74) is 1.75. The van der Waals surface area contributed by atoms with Gasteiger partial charge < -0.3 is 0 Å². The van der Waals surface area contributed by atoms with Gasteiger partial charge in [0.25, 0.3) is 11.8 Å². The number of imide groups is 1. The molecule has 0 saturated heterocycles. The van der Waals surface area contributed by atoms with Crippen LogP contribution in [0.3, 0.4) is 0 Å². The number of carbonyl (C=O) groups excluding carboxylic acids is 2. The monoisotopic (exact) mass is 319 g/mol. The number of hydrogen-bond acceptors (Lipinski definition) is 3. The maximum atomic E-state index is 12.9. The third-order valence-electron chi connectivity index (χ3n) is 4.10. The van der Waals surface area contributed by atoms with Crippen LogP contribution in [-0.4, -0.2) is 18.1 Å². The molecule has 0 unspecified atom stereocenters. The van der Waals surface area contributed by atoms with Crippen LogP contribution in [0, 0.1) is 0 Å². The van der Waals surface area contributed by atoms with Crippen LogP contribution < -0.4 is 4.90 Å². The van der Waals surface area contributed by atoms with Crippen LogP contribution in [0.5, 0.6) is 0 Å². The van der Waals surface area contributed by atoms with Crippen molar-refractivity contribution in [3.63, 3.8) is 0 Å². The molecule has 1 aliphatic rings. The molecule has 3 aromatic carbocycles. The van der Waals surface area contributed by atoms with Crippen molar-refractivity contribution in [1.29, 1.82) is 0 Å². The van der Waals surface area contributed by atoms with Gasteiger partial charge in [0.05, 0.1) is 5.69 Å². The van der Waals surface area contributed by atoms with Gasteiger partial charge in [0.15, 0.2) is 0 Å². The second-order valence-corrected chi connectivity index (χ2v) is 6.23. The van der Waals surface area contributed by atoms with Gasteiger partial charge in [-0.05, 0) is 48.0 Å². The third-order valence-corrected chi connectivity index (χ3v) is 4.85. The number of nitrogens with zero attached hydrogens (tertiary/aromatic N) is 1. The van der Waals surface area contributed by atoms with Crippen LogP contribution in [0.15, 0.2) is 65.6 Å². The van der Waals surface area contributed by atoms with Gasteiger partial charge in [-0.3, -0.25) is 9.59 Å². The fourth-order valence-electron chi connectivity index (χ4n) is 3.00. The summed E-state index contributed by atoms with van der Waals surface area (Å²) in [6, 6.07) is 18.6. The van der Waals surface area contributed by atoms with E-state index >= 15 is 0 Å². The zero-order valence-electron chi connectivity index (χ0n) is 12.4. The molecular formula is C19H13NO2S. The van der Waals surface area contributed by atoms with Crippen LogP contribution in [0.2, 0.25) is 0 Å². The molecule has 4 heteroatoms. The van der Waals surface area contributed by atoms with Crippen LogP contribution >= 0.6 is 11.8 Å². The summed E-state index contributed by atoms with van der Waals surface area (Å²) < 4.78 is 0. The van der Waals surface area contributed by atoms with Crippen molar-refractivity contribution >= 4 is 40.0 Å². The molecule has 2 amide bonds. The summed E-state index contributed by atoms with van der Waals surface area (Å²) in [5, 5.41) is 1.67. The van der Waals surface area contributed by atoms with Crippen molar-refractivity contribution in [3.05, 3.63) is 71.8 Å². The summed E-state index contributed by atoms with van der Waals surface area (Å²) in [6.07, 6.45) is 1.99. The normalized spacial score (nSPS) is 13.7.